The number of allylic oxidation sites excluding steroid dienone is 1. The summed E-state index contributed by atoms with van der Waals surface area (Å²) in [4.78, 5) is 12.4. The number of benzene rings is 1. The number of rotatable bonds is 7. The van der Waals surface area contributed by atoms with Gasteiger partial charge in [0, 0.05) is 20.9 Å². The summed E-state index contributed by atoms with van der Waals surface area (Å²) in [5, 5.41) is 3.08. The Hall–Kier alpha value is -1.48. The van der Waals surface area contributed by atoms with Gasteiger partial charge in [-0.15, -0.1) is 6.58 Å². The topological polar surface area (TPSA) is 46.1 Å². The highest BCUT2D eigenvalue weighted by molar-refractivity contribution is 14.1. The van der Waals surface area contributed by atoms with E-state index in [2.05, 4.69) is 39.2 Å². The third-order valence-electron chi connectivity index (χ3n) is 4.48. The van der Waals surface area contributed by atoms with Gasteiger partial charge in [0.2, 0.25) is 0 Å². The van der Waals surface area contributed by atoms with E-state index in [1.54, 1.807) is 32.0 Å². The smallest absolute Gasteiger partial charge is 0.254 e. The minimum Gasteiger partial charge on any atom is -0.337 e. The molecule has 7 heteroatoms. The van der Waals surface area contributed by atoms with Crippen LogP contribution in [0.15, 0.2) is 41.7 Å². The van der Waals surface area contributed by atoms with Crippen LogP contribution in [0, 0.1) is 16.3 Å². The van der Waals surface area contributed by atoms with Crippen LogP contribution >= 0.6 is 34.5 Å². The van der Waals surface area contributed by atoms with Crippen molar-refractivity contribution in [3.8, 4) is 0 Å². The Morgan fingerprint density at radius 1 is 1.38 bits per heavy atom. The molecule has 1 heterocycles. The van der Waals surface area contributed by atoms with Crippen LogP contribution in [0.2, 0.25) is 0 Å². The van der Waals surface area contributed by atoms with Gasteiger partial charge in [0.1, 0.15) is 11.6 Å². The van der Waals surface area contributed by atoms with Gasteiger partial charge in [0.05, 0.1) is 11.4 Å². The van der Waals surface area contributed by atoms with Gasteiger partial charge in [-0.25, -0.2) is 4.39 Å². The van der Waals surface area contributed by atoms with Crippen molar-refractivity contribution >= 4 is 51.7 Å². The maximum Gasteiger partial charge on any atom is 0.254 e. The third-order valence-corrected chi connectivity index (χ3v) is 6.48. The molecular formula is C19H21FIN3OS. The van der Waals surface area contributed by atoms with Crippen LogP contribution in [-0.2, 0) is 7.05 Å². The normalized spacial score (nSPS) is 14.8. The molecule has 1 aromatic carbocycles. The quantitative estimate of drug-likeness (QED) is 0.316. The van der Waals surface area contributed by atoms with Gasteiger partial charge in [0.15, 0.2) is 0 Å². The molecule has 1 saturated carbocycles. The number of hydrogen-bond acceptors (Lipinski definition) is 4. The number of nitrogens with one attached hydrogen (secondary N) is 2. The van der Waals surface area contributed by atoms with Crippen LogP contribution in [0.3, 0.4) is 0 Å². The number of anilines is 3. The minimum absolute atomic E-state index is 0.110. The summed E-state index contributed by atoms with van der Waals surface area (Å²) in [6.45, 7) is 5.61. The van der Waals surface area contributed by atoms with Crippen LogP contribution in [-0.4, -0.2) is 9.31 Å². The first-order valence-electron chi connectivity index (χ1n) is 8.33. The highest BCUT2D eigenvalue weighted by atomic mass is 127. The van der Waals surface area contributed by atoms with Crippen LogP contribution in [0.25, 0.3) is 0 Å². The molecule has 0 unspecified atom stereocenters. The van der Waals surface area contributed by atoms with Crippen molar-refractivity contribution in [1.82, 2.24) is 4.57 Å². The molecule has 4 nitrogen and oxygen atoms in total. The number of halogens is 2. The molecule has 0 bridgehead atoms. The van der Waals surface area contributed by atoms with Gasteiger partial charge in [-0.2, -0.15) is 0 Å². The maximum atomic E-state index is 14.3. The lowest BCUT2D eigenvalue weighted by Gasteiger charge is -2.20. The Morgan fingerprint density at radius 2 is 2.12 bits per heavy atom. The summed E-state index contributed by atoms with van der Waals surface area (Å²) in [5.74, 6) is 0.191. The van der Waals surface area contributed by atoms with Gasteiger partial charge in [0.25, 0.3) is 5.56 Å². The highest BCUT2D eigenvalue weighted by Gasteiger charge is 2.42. The van der Waals surface area contributed by atoms with E-state index in [-0.39, 0.29) is 16.1 Å². The molecule has 0 amide bonds. The zero-order valence-corrected chi connectivity index (χ0v) is 17.7. The molecule has 2 N–H and O–H groups in total. The summed E-state index contributed by atoms with van der Waals surface area (Å²) in [7, 11) is 1.69. The summed E-state index contributed by atoms with van der Waals surface area (Å²) < 4.78 is 20.2. The van der Waals surface area contributed by atoms with Crippen molar-refractivity contribution in [3.63, 3.8) is 0 Å². The Kier molecular flexibility index (Phi) is 5.67. The first-order chi connectivity index (χ1) is 12.3. The fourth-order valence-corrected chi connectivity index (χ4v) is 4.20. The first kappa shape index (κ1) is 19.3. The van der Waals surface area contributed by atoms with Crippen molar-refractivity contribution in [1.29, 1.82) is 0 Å². The molecular weight excluding hydrogens is 464 g/mol. The van der Waals surface area contributed by atoms with E-state index in [0.29, 0.717) is 17.1 Å². The Morgan fingerprint density at radius 3 is 2.73 bits per heavy atom. The van der Waals surface area contributed by atoms with Gasteiger partial charge < -0.3 is 10.0 Å². The molecule has 1 fully saturated rings. The van der Waals surface area contributed by atoms with Gasteiger partial charge in [-0.05, 0) is 85.0 Å². The van der Waals surface area contributed by atoms with Gasteiger partial charge in [-0.3, -0.25) is 9.36 Å². The van der Waals surface area contributed by atoms with Crippen molar-refractivity contribution in [2.24, 2.45) is 7.05 Å². The standard InChI is InChI=1S/C19H21FIN3OS/c1-4-7-19(8-9-19)26-23-16-10-12(2)18(25)24(3)17(16)22-15-6-5-13(21)11-14(15)20/h4-6,10-11,22-23H,1,7-9H2,2-3H3. The second-order valence-corrected chi connectivity index (χ2v) is 9.10. The summed E-state index contributed by atoms with van der Waals surface area (Å²) in [6, 6.07) is 6.77. The Labute approximate surface area is 170 Å². The lowest BCUT2D eigenvalue weighted by atomic mass is 10.2. The lowest BCUT2D eigenvalue weighted by molar-refractivity contribution is 0.630. The second kappa shape index (κ2) is 7.64. The predicted molar refractivity (Wildman–Crippen MR) is 117 cm³/mol. The largest absolute Gasteiger partial charge is 0.337 e. The zero-order chi connectivity index (χ0) is 18.9. The first-order valence-corrected chi connectivity index (χ1v) is 10.2. The summed E-state index contributed by atoms with van der Waals surface area (Å²) in [6.07, 6.45) is 5.14. The summed E-state index contributed by atoms with van der Waals surface area (Å²) >= 11 is 3.72. The molecule has 0 saturated heterocycles. The van der Waals surface area contributed by atoms with Crippen molar-refractivity contribution in [2.75, 3.05) is 10.0 Å². The molecule has 0 atom stereocenters. The monoisotopic (exact) mass is 485 g/mol. The van der Waals surface area contributed by atoms with Crippen molar-refractivity contribution in [3.05, 3.63) is 62.2 Å². The molecule has 138 valence electrons. The molecule has 1 aliphatic rings. The number of hydrogen-bond donors (Lipinski definition) is 2. The Balaban J connectivity index is 1.93. The van der Waals surface area contributed by atoms with Crippen LogP contribution in [0.1, 0.15) is 24.8 Å². The van der Waals surface area contributed by atoms with Crippen molar-refractivity contribution < 1.29 is 4.39 Å². The number of pyridine rings is 1. The molecule has 0 radical (unpaired) electrons. The zero-order valence-electron chi connectivity index (χ0n) is 14.7. The lowest BCUT2D eigenvalue weighted by Crippen LogP contribution is -2.23. The van der Waals surface area contributed by atoms with E-state index in [0.717, 1.165) is 28.5 Å². The second-order valence-electron chi connectivity index (χ2n) is 6.58. The van der Waals surface area contributed by atoms with Crippen LogP contribution in [0.5, 0.6) is 0 Å². The van der Waals surface area contributed by atoms with Gasteiger partial charge in [-0.1, -0.05) is 6.08 Å². The number of nitrogens with zero attached hydrogens (tertiary/aromatic N) is 1. The van der Waals surface area contributed by atoms with E-state index in [9.17, 15) is 9.18 Å². The minimum atomic E-state index is -0.353. The van der Waals surface area contributed by atoms with E-state index in [4.69, 9.17) is 0 Å². The van der Waals surface area contributed by atoms with Crippen molar-refractivity contribution in [2.45, 2.75) is 30.9 Å². The average molecular weight is 485 g/mol. The maximum absolute atomic E-state index is 14.3. The average Bonchev–Trinajstić information content (AvgIpc) is 3.36. The van der Waals surface area contributed by atoms with E-state index < -0.39 is 0 Å². The Bertz CT molecular complexity index is 908. The van der Waals surface area contributed by atoms with E-state index >= 15 is 0 Å². The highest BCUT2D eigenvalue weighted by Crippen LogP contribution is 2.51. The molecule has 26 heavy (non-hydrogen) atoms. The predicted octanol–water partition coefficient (Wildman–Crippen LogP) is 5.35. The molecule has 1 aromatic heterocycles. The number of aryl methyl sites for hydroxylation is 1. The molecule has 0 spiro atoms. The summed E-state index contributed by atoms with van der Waals surface area (Å²) in [5.41, 5.74) is 1.63. The molecule has 2 aromatic rings. The molecule has 1 aliphatic carbocycles. The molecule has 0 aliphatic heterocycles. The molecule has 3 rings (SSSR count). The third kappa shape index (κ3) is 4.09. The van der Waals surface area contributed by atoms with Gasteiger partial charge >= 0.3 is 0 Å². The fraction of sp³-hybridized carbons (Fsp3) is 0.316. The number of aromatic nitrogens is 1. The SMILES string of the molecule is C=CCC1(SNc2cc(C)c(=O)n(C)c2Nc2ccc(I)cc2F)CC1. The van der Waals surface area contributed by atoms with Crippen LogP contribution < -0.4 is 15.6 Å². The van der Waals surface area contributed by atoms with E-state index in [1.807, 2.05) is 18.2 Å². The fourth-order valence-electron chi connectivity index (χ4n) is 2.75. The van der Waals surface area contributed by atoms with Crippen LogP contribution in [0.4, 0.5) is 21.6 Å². The van der Waals surface area contributed by atoms with E-state index in [1.165, 1.54) is 10.6 Å².